The fraction of sp³-hybridized carbons (Fsp3) is 0.312. The summed E-state index contributed by atoms with van der Waals surface area (Å²) in [5, 5.41) is 28.8. The Hall–Kier alpha value is -2.47. The largest absolute Gasteiger partial charge is 0.476 e. The summed E-state index contributed by atoms with van der Waals surface area (Å²) in [5.74, 6) is -0.680. The van der Waals surface area contributed by atoms with Crippen LogP contribution >= 0.6 is 0 Å². The van der Waals surface area contributed by atoms with Crippen molar-refractivity contribution in [1.82, 2.24) is 10.2 Å². The zero-order chi connectivity index (χ0) is 16.1. The number of hydrogen-bond acceptors (Lipinski definition) is 5. The lowest BCUT2D eigenvalue weighted by Crippen LogP contribution is -2.27. The number of aliphatic hydroxyl groups excluding tert-OH is 1. The number of carboxylic acids is 1. The van der Waals surface area contributed by atoms with E-state index in [1.165, 1.54) is 17.2 Å². The van der Waals surface area contributed by atoms with Gasteiger partial charge in [-0.3, -0.25) is 0 Å². The lowest BCUT2D eigenvalue weighted by Gasteiger charge is -2.17. The molecule has 0 aliphatic carbocycles. The van der Waals surface area contributed by atoms with Crippen molar-refractivity contribution in [2.75, 3.05) is 11.9 Å². The van der Waals surface area contributed by atoms with Gasteiger partial charge in [0.2, 0.25) is 0 Å². The molecule has 1 heterocycles. The Morgan fingerprint density at radius 1 is 1.18 bits per heavy atom. The van der Waals surface area contributed by atoms with Gasteiger partial charge < -0.3 is 15.5 Å². The fourth-order valence-corrected chi connectivity index (χ4v) is 2.11. The number of rotatable bonds is 6. The minimum Gasteiger partial charge on any atom is -0.476 e. The molecule has 2 aromatic rings. The molecular weight excluding hydrogens is 282 g/mol. The van der Waals surface area contributed by atoms with Crippen molar-refractivity contribution in [3.8, 4) is 0 Å². The van der Waals surface area contributed by atoms with Gasteiger partial charge in [0.05, 0.1) is 12.6 Å². The fourth-order valence-electron chi connectivity index (χ4n) is 2.11. The molecule has 0 saturated carbocycles. The van der Waals surface area contributed by atoms with Gasteiger partial charge in [0.1, 0.15) is 5.82 Å². The van der Waals surface area contributed by atoms with Gasteiger partial charge in [-0.05, 0) is 49.1 Å². The van der Waals surface area contributed by atoms with E-state index >= 15 is 0 Å². The van der Waals surface area contributed by atoms with E-state index in [1.54, 1.807) is 6.07 Å². The van der Waals surface area contributed by atoms with Gasteiger partial charge in [0, 0.05) is 0 Å². The average molecular weight is 301 g/mol. The minimum absolute atomic E-state index is 0.0602. The van der Waals surface area contributed by atoms with Gasteiger partial charge in [0.25, 0.3) is 0 Å². The molecule has 0 fully saturated rings. The summed E-state index contributed by atoms with van der Waals surface area (Å²) < 4.78 is 0. The smallest absolute Gasteiger partial charge is 0.356 e. The molecule has 1 atom stereocenters. The van der Waals surface area contributed by atoms with Crippen LogP contribution in [-0.2, 0) is 6.42 Å². The first-order valence-corrected chi connectivity index (χ1v) is 7.00. The molecular formula is C16H19N3O3. The molecule has 0 spiro atoms. The van der Waals surface area contributed by atoms with E-state index in [-0.39, 0.29) is 18.3 Å². The number of carboxylic acid groups (broad SMARTS) is 1. The molecule has 116 valence electrons. The molecule has 1 unspecified atom stereocenters. The van der Waals surface area contributed by atoms with Gasteiger partial charge in [-0.15, -0.1) is 10.2 Å². The maximum atomic E-state index is 10.7. The van der Waals surface area contributed by atoms with E-state index in [9.17, 15) is 9.90 Å². The summed E-state index contributed by atoms with van der Waals surface area (Å²) >= 11 is 0. The van der Waals surface area contributed by atoms with Crippen molar-refractivity contribution in [2.45, 2.75) is 26.3 Å². The molecule has 3 N–H and O–H groups in total. The van der Waals surface area contributed by atoms with Crippen LogP contribution in [0.1, 0.15) is 27.2 Å². The van der Waals surface area contributed by atoms with E-state index in [0.717, 1.165) is 5.56 Å². The maximum Gasteiger partial charge on any atom is 0.356 e. The highest BCUT2D eigenvalue weighted by Gasteiger charge is 2.11. The molecule has 0 aliphatic heterocycles. The number of aryl methyl sites for hydroxylation is 2. The molecule has 0 bridgehead atoms. The first-order valence-electron chi connectivity index (χ1n) is 7.00. The van der Waals surface area contributed by atoms with Crippen molar-refractivity contribution < 1.29 is 15.0 Å². The number of anilines is 1. The topological polar surface area (TPSA) is 95.3 Å². The van der Waals surface area contributed by atoms with Gasteiger partial charge in [-0.2, -0.15) is 0 Å². The van der Waals surface area contributed by atoms with Crippen LogP contribution < -0.4 is 5.32 Å². The van der Waals surface area contributed by atoms with Crippen LogP contribution in [0.5, 0.6) is 0 Å². The summed E-state index contributed by atoms with van der Waals surface area (Å²) in [7, 11) is 0. The first-order chi connectivity index (χ1) is 10.5. The normalized spacial score (nSPS) is 12.0. The molecule has 2 rings (SSSR count). The molecule has 0 saturated heterocycles. The van der Waals surface area contributed by atoms with Crippen molar-refractivity contribution >= 4 is 11.8 Å². The zero-order valence-electron chi connectivity index (χ0n) is 12.6. The number of nitrogens with zero attached hydrogens (tertiary/aromatic N) is 2. The van der Waals surface area contributed by atoms with E-state index in [1.807, 2.05) is 6.07 Å². The van der Waals surface area contributed by atoms with Gasteiger partial charge in [-0.25, -0.2) is 4.79 Å². The average Bonchev–Trinajstić information content (AvgIpc) is 2.50. The molecule has 1 aromatic heterocycles. The SMILES string of the molecule is Cc1ccc(CC(CO)Nc2ccc(C(=O)O)nn2)cc1C. The predicted molar refractivity (Wildman–Crippen MR) is 83.1 cm³/mol. The number of aliphatic hydroxyl groups is 1. The third-order valence-electron chi connectivity index (χ3n) is 3.51. The zero-order valence-corrected chi connectivity index (χ0v) is 12.6. The second-order valence-corrected chi connectivity index (χ2v) is 5.26. The number of nitrogens with one attached hydrogen (secondary N) is 1. The van der Waals surface area contributed by atoms with Crippen molar-refractivity contribution in [3.63, 3.8) is 0 Å². The third kappa shape index (κ3) is 4.02. The Bertz CT molecular complexity index is 656. The van der Waals surface area contributed by atoms with Crippen LogP contribution in [0.2, 0.25) is 0 Å². The first kappa shape index (κ1) is 15.9. The minimum atomic E-state index is -1.12. The number of hydrogen-bond donors (Lipinski definition) is 3. The summed E-state index contributed by atoms with van der Waals surface area (Å²) in [6, 6.07) is 8.89. The Morgan fingerprint density at radius 2 is 1.95 bits per heavy atom. The second-order valence-electron chi connectivity index (χ2n) is 5.26. The second kappa shape index (κ2) is 7.00. The molecule has 0 aliphatic rings. The van der Waals surface area contributed by atoms with Gasteiger partial charge in [-0.1, -0.05) is 18.2 Å². The van der Waals surface area contributed by atoms with Crippen LogP contribution in [0.3, 0.4) is 0 Å². The van der Waals surface area contributed by atoms with Crippen LogP contribution in [0, 0.1) is 13.8 Å². The van der Waals surface area contributed by atoms with Crippen LogP contribution in [0.4, 0.5) is 5.82 Å². The van der Waals surface area contributed by atoms with E-state index < -0.39 is 5.97 Å². The molecule has 1 aromatic carbocycles. The number of aromatic carboxylic acids is 1. The van der Waals surface area contributed by atoms with Crippen LogP contribution in [-0.4, -0.2) is 39.0 Å². The lowest BCUT2D eigenvalue weighted by molar-refractivity contribution is 0.0689. The highest BCUT2D eigenvalue weighted by atomic mass is 16.4. The summed E-state index contributed by atoms with van der Waals surface area (Å²) in [6.45, 7) is 4.05. The molecule has 6 heteroatoms. The van der Waals surface area contributed by atoms with E-state index in [0.29, 0.717) is 12.2 Å². The molecule has 22 heavy (non-hydrogen) atoms. The molecule has 6 nitrogen and oxygen atoms in total. The Balaban J connectivity index is 2.05. The van der Waals surface area contributed by atoms with Crippen molar-refractivity contribution in [2.24, 2.45) is 0 Å². The quantitative estimate of drug-likeness (QED) is 0.753. The summed E-state index contributed by atoms with van der Waals surface area (Å²) in [5.41, 5.74) is 3.44. The summed E-state index contributed by atoms with van der Waals surface area (Å²) in [4.78, 5) is 10.7. The highest BCUT2D eigenvalue weighted by Crippen LogP contribution is 2.13. The summed E-state index contributed by atoms with van der Waals surface area (Å²) in [6.07, 6.45) is 0.639. The number of carbonyl (C=O) groups is 1. The van der Waals surface area contributed by atoms with Crippen molar-refractivity contribution in [1.29, 1.82) is 0 Å². The third-order valence-corrected chi connectivity index (χ3v) is 3.51. The van der Waals surface area contributed by atoms with E-state index in [4.69, 9.17) is 5.11 Å². The van der Waals surface area contributed by atoms with Gasteiger partial charge >= 0.3 is 5.97 Å². The van der Waals surface area contributed by atoms with Crippen molar-refractivity contribution in [3.05, 3.63) is 52.7 Å². The van der Waals surface area contributed by atoms with Crippen LogP contribution in [0.25, 0.3) is 0 Å². The maximum absolute atomic E-state index is 10.7. The Morgan fingerprint density at radius 3 is 2.50 bits per heavy atom. The standard InChI is InChI=1S/C16H19N3O3/c1-10-3-4-12(7-11(10)2)8-13(9-20)17-15-6-5-14(16(21)22)18-19-15/h3-7,13,20H,8-9H2,1-2H3,(H,17,19)(H,21,22). The predicted octanol–water partition coefficient (Wildman–Crippen LogP) is 1.81. The van der Waals surface area contributed by atoms with Crippen LogP contribution in [0.15, 0.2) is 30.3 Å². The Kier molecular flexibility index (Phi) is 5.06. The lowest BCUT2D eigenvalue weighted by atomic mass is 10.0. The molecule has 0 amide bonds. The highest BCUT2D eigenvalue weighted by molar-refractivity contribution is 5.85. The number of benzene rings is 1. The monoisotopic (exact) mass is 301 g/mol. The Labute approximate surface area is 128 Å². The van der Waals surface area contributed by atoms with E-state index in [2.05, 4.69) is 41.5 Å². The number of aromatic nitrogens is 2. The molecule has 0 radical (unpaired) electrons. The van der Waals surface area contributed by atoms with Gasteiger partial charge in [0.15, 0.2) is 5.69 Å².